The van der Waals surface area contributed by atoms with Gasteiger partial charge in [-0.3, -0.25) is 0 Å². The third-order valence-electron chi connectivity index (χ3n) is 11.4. The maximum Gasteiger partial charge on any atom is 0.264 e. The van der Waals surface area contributed by atoms with Crippen LogP contribution in [0.1, 0.15) is 94.3 Å². The molecule has 4 aromatic rings. The number of nitrogens with zero attached hydrogens (tertiary/aromatic N) is 5. The number of hydrogen-bond donors (Lipinski definition) is 1. The Balaban J connectivity index is 1.29. The van der Waals surface area contributed by atoms with Gasteiger partial charge in [0.1, 0.15) is 5.82 Å². The maximum absolute atomic E-state index is 14.1. The van der Waals surface area contributed by atoms with Gasteiger partial charge in [-0.2, -0.15) is 4.98 Å². The van der Waals surface area contributed by atoms with E-state index in [9.17, 15) is 8.42 Å². The van der Waals surface area contributed by atoms with Crippen LogP contribution in [0.5, 0.6) is 5.88 Å². The number of ether oxygens (including phenoxy) is 2. The van der Waals surface area contributed by atoms with Crippen molar-refractivity contribution in [3.63, 3.8) is 0 Å². The van der Waals surface area contributed by atoms with Crippen molar-refractivity contribution in [1.82, 2.24) is 19.9 Å². The van der Waals surface area contributed by atoms with E-state index in [0.717, 1.165) is 92.2 Å². The lowest BCUT2D eigenvalue weighted by atomic mass is 9.75. The van der Waals surface area contributed by atoms with E-state index in [-0.39, 0.29) is 33.5 Å². The second-order valence-electron chi connectivity index (χ2n) is 17.7. The van der Waals surface area contributed by atoms with Crippen LogP contribution in [0.4, 0.5) is 11.6 Å². The number of aromatic nitrogens is 4. The predicted molar refractivity (Wildman–Crippen MR) is 214 cm³/mol. The first-order valence-electron chi connectivity index (χ1n) is 19.5. The molecule has 3 aliphatic rings. The molecule has 2 fully saturated rings. The van der Waals surface area contributed by atoms with Gasteiger partial charge in [-0.1, -0.05) is 65.0 Å². The van der Waals surface area contributed by atoms with Gasteiger partial charge in [-0.05, 0) is 97.4 Å². The highest BCUT2D eigenvalue weighted by Crippen LogP contribution is 2.41. The van der Waals surface area contributed by atoms with Crippen LogP contribution in [0.2, 0.25) is 0 Å². The molecule has 10 nitrogen and oxygen atoms in total. The molecule has 1 unspecified atom stereocenters. The van der Waals surface area contributed by atoms with E-state index < -0.39 is 10.0 Å². The Labute approximate surface area is 321 Å². The van der Waals surface area contributed by atoms with E-state index >= 15 is 0 Å². The SMILES string of the molecule is Cc1cccc(CC2CCOCC2)c1-c1nc2nc(c1C)OC[C@@H](CC(C)(C)C)C(Cc1ncc(N3CCC(C)(C)C3)cn1)c1cccc(c1)S(=O)(=O)N2. The van der Waals surface area contributed by atoms with Crippen molar-refractivity contribution >= 4 is 21.7 Å². The molecule has 11 heteroatoms. The largest absolute Gasteiger partial charge is 0.477 e. The van der Waals surface area contributed by atoms with Crippen LogP contribution in [0.25, 0.3) is 11.3 Å². The highest BCUT2D eigenvalue weighted by Gasteiger charge is 2.33. The lowest BCUT2D eigenvalue weighted by molar-refractivity contribution is 0.0665. The summed E-state index contributed by atoms with van der Waals surface area (Å²) in [5, 5.41) is 0. The number of hydrogen-bond acceptors (Lipinski definition) is 9. The van der Waals surface area contributed by atoms with Crippen LogP contribution in [0.15, 0.2) is 59.8 Å². The van der Waals surface area contributed by atoms with Gasteiger partial charge in [0, 0.05) is 49.8 Å². The van der Waals surface area contributed by atoms with Gasteiger partial charge in [-0.15, -0.1) is 0 Å². The topological polar surface area (TPSA) is 119 Å². The molecule has 2 saturated heterocycles. The lowest BCUT2D eigenvalue weighted by Crippen LogP contribution is -2.28. The van der Waals surface area contributed by atoms with Crippen LogP contribution in [0.3, 0.4) is 0 Å². The number of benzene rings is 2. The monoisotopic (exact) mass is 752 g/mol. The number of fused-ring (bicyclic) bond motifs is 4. The van der Waals surface area contributed by atoms with Crippen LogP contribution < -0.4 is 14.4 Å². The van der Waals surface area contributed by atoms with Gasteiger partial charge in [-0.25, -0.2) is 28.1 Å². The summed E-state index contributed by atoms with van der Waals surface area (Å²) in [6.45, 7) is 19.3. The molecule has 2 aromatic carbocycles. The van der Waals surface area contributed by atoms with Crippen molar-refractivity contribution in [3.05, 3.63) is 82.9 Å². The Hall–Kier alpha value is -4.09. The van der Waals surface area contributed by atoms with Gasteiger partial charge >= 0.3 is 0 Å². The fourth-order valence-corrected chi connectivity index (χ4v) is 9.51. The fourth-order valence-electron chi connectivity index (χ4n) is 8.51. The number of rotatable bonds is 7. The number of nitrogens with one attached hydrogen (secondary N) is 1. The van der Waals surface area contributed by atoms with Gasteiger partial charge in [0.05, 0.1) is 35.3 Å². The third kappa shape index (κ3) is 8.73. The summed E-state index contributed by atoms with van der Waals surface area (Å²) in [6.07, 6.45) is 9.28. The smallest absolute Gasteiger partial charge is 0.264 e. The summed E-state index contributed by atoms with van der Waals surface area (Å²) >= 11 is 0. The first-order valence-corrected chi connectivity index (χ1v) is 21.0. The van der Waals surface area contributed by atoms with Crippen molar-refractivity contribution in [2.75, 3.05) is 42.5 Å². The summed E-state index contributed by atoms with van der Waals surface area (Å²) in [7, 11) is -4.06. The van der Waals surface area contributed by atoms with E-state index in [1.54, 1.807) is 12.1 Å². The van der Waals surface area contributed by atoms with Crippen molar-refractivity contribution in [3.8, 4) is 17.1 Å². The van der Waals surface area contributed by atoms with E-state index in [2.05, 4.69) is 69.4 Å². The molecule has 0 amide bonds. The summed E-state index contributed by atoms with van der Waals surface area (Å²) in [6, 6.07) is 13.6. The Morgan fingerprint density at radius 3 is 2.43 bits per heavy atom. The minimum absolute atomic E-state index is 0.00403. The molecule has 0 saturated carbocycles. The van der Waals surface area contributed by atoms with Crippen LogP contribution in [-0.2, 0) is 27.6 Å². The second kappa shape index (κ2) is 15.2. The molecule has 54 heavy (non-hydrogen) atoms. The zero-order chi connectivity index (χ0) is 38.3. The highest BCUT2D eigenvalue weighted by atomic mass is 32.2. The summed E-state index contributed by atoms with van der Waals surface area (Å²) < 4.78 is 43.4. The first kappa shape index (κ1) is 38.2. The molecule has 0 radical (unpaired) electrons. The second-order valence-corrected chi connectivity index (χ2v) is 19.4. The molecule has 2 atom stereocenters. The number of sulfonamides is 1. The van der Waals surface area contributed by atoms with Crippen molar-refractivity contribution in [2.45, 2.75) is 97.8 Å². The van der Waals surface area contributed by atoms with Gasteiger partial charge < -0.3 is 14.4 Å². The van der Waals surface area contributed by atoms with Crippen LogP contribution in [-0.4, -0.2) is 61.3 Å². The minimum atomic E-state index is -4.06. The van der Waals surface area contributed by atoms with Gasteiger partial charge in [0.2, 0.25) is 11.8 Å². The lowest BCUT2D eigenvalue weighted by Gasteiger charge is -2.33. The van der Waals surface area contributed by atoms with Crippen LogP contribution in [0, 0.1) is 36.5 Å². The molecular formula is C43H56N6O4S. The maximum atomic E-state index is 14.1. The normalized spacial score (nSPS) is 21.4. The minimum Gasteiger partial charge on any atom is -0.477 e. The molecule has 5 heterocycles. The Kier molecular flexibility index (Phi) is 10.8. The molecule has 3 aliphatic heterocycles. The van der Waals surface area contributed by atoms with Crippen molar-refractivity contribution < 1.29 is 17.9 Å². The zero-order valence-corrected chi connectivity index (χ0v) is 33.8. The molecule has 288 valence electrons. The summed E-state index contributed by atoms with van der Waals surface area (Å²) in [5.41, 5.74) is 6.89. The average molecular weight is 753 g/mol. The molecule has 7 rings (SSSR count). The quantitative estimate of drug-likeness (QED) is 0.199. The van der Waals surface area contributed by atoms with E-state index in [1.807, 2.05) is 31.5 Å². The molecule has 1 N–H and O–H groups in total. The van der Waals surface area contributed by atoms with E-state index in [0.29, 0.717) is 30.5 Å². The van der Waals surface area contributed by atoms with Gasteiger partial charge in [0.25, 0.3) is 10.0 Å². The van der Waals surface area contributed by atoms with Crippen molar-refractivity contribution in [2.24, 2.45) is 22.7 Å². The number of aryl methyl sites for hydroxylation is 1. The molecule has 2 aromatic heterocycles. The molecule has 0 aliphatic carbocycles. The summed E-state index contributed by atoms with van der Waals surface area (Å²) in [4.78, 5) is 21.9. The Bertz CT molecular complexity index is 2070. The molecule has 0 spiro atoms. The first-order chi connectivity index (χ1) is 25.6. The summed E-state index contributed by atoms with van der Waals surface area (Å²) in [5.74, 6) is 1.47. The van der Waals surface area contributed by atoms with Crippen LogP contribution >= 0.6 is 0 Å². The third-order valence-corrected chi connectivity index (χ3v) is 12.7. The molecule has 4 bridgehead atoms. The Morgan fingerprint density at radius 1 is 0.981 bits per heavy atom. The number of anilines is 2. The fraction of sp³-hybridized carbons (Fsp3) is 0.535. The van der Waals surface area contributed by atoms with Crippen molar-refractivity contribution in [1.29, 1.82) is 0 Å². The standard InChI is InChI=1S/C43H56N6O4S/c1-28-10-8-12-32(20-30-14-18-52-19-15-30)38(28)39-29(2)40-47-41(46-39)48-54(50,51)35-13-9-11-31(21-35)36(33(26-53-40)23-42(3,4)5)22-37-44-24-34(25-45-37)49-17-16-43(6,7)27-49/h8-13,21,24-25,30,33,36H,14-20,22-23,26-27H2,1-7H3,(H,46,47,48)/t33-,36?/m1/s1. The predicted octanol–water partition coefficient (Wildman–Crippen LogP) is 8.33. The Morgan fingerprint density at radius 2 is 1.72 bits per heavy atom. The molecular weight excluding hydrogens is 697 g/mol. The highest BCUT2D eigenvalue weighted by molar-refractivity contribution is 7.92. The van der Waals surface area contributed by atoms with Gasteiger partial charge in [0.15, 0.2) is 0 Å². The van der Waals surface area contributed by atoms with E-state index in [4.69, 9.17) is 29.4 Å². The zero-order valence-electron chi connectivity index (χ0n) is 33.0. The average Bonchev–Trinajstić information content (AvgIpc) is 3.49. The van der Waals surface area contributed by atoms with E-state index in [1.165, 1.54) is 5.56 Å².